The molecule has 0 unspecified atom stereocenters. The highest BCUT2D eigenvalue weighted by Crippen LogP contribution is 2.26. The van der Waals surface area contributed by atoms with Gasteiger partial charge in [-0.05, 0) is 74.1 Å². The van der Waals surface area contributed by atoms with Crippen LogP contribution in [-0.2, 0) is 4.79 Å². The molecule has 9 heteroatoms. The number of benzene rings is 2. The summed E-state index contributed by atoms with van der Waals surface area (Å²) in [6.07, 6.45) is 2.75. The summed E-state index contributed by atoms with van der Waals surface area (Å²) < 4.78 is 19.4. The molecule has 2 aromatic rings. The van der Waals surface area contributed by atoms with Crippen LogP contribution in [0.5, 0.6) is 5.75 Å². The molecule has 0 aliphatic carbocycles. The van der Waals surface area contributed by atoms with Crippen molar-refractivity contribution in [2.24, 2.45) is 5.92 Å². The van der Waals surface area contributed by atoms with Crippen molar-refractivity contribution in [3.8, 4) is 5.75 Å². The quantitative estimate of drug-likeness (QED) is 0.524. The number of halogens is 2. The molecule has 0 N–H and O–H groups in total. The molecule has 3 amide bonds. The largest absolute Gasteiger partial charge is 0.493 e. The number of amides is 3. The smallest absolute Gasteiger partial charge is 0.258 e. The molecule has 1 aliphatic heterocycles. The Morgan fingerprint density at radius 1 is 0.974 bits per heavy atom. The van der Waals surface area contributed by atoms with Crippen LogP contribution in [0.4, 0.5) is 4.39 Å². The van der Waals surface area contributed by atoms with Crippen LogP contribution in [0.2, 0.25) is 5.02 Å². The fourth-order valence-electron chi connectivity index (χ4n) is 4.67. The number of nitrogens with zero attached hydrogens (tertiary/aromatic N) is 3. The molecule has 2 aromatic carbocycles. The molecule has 7 nitrogen and oxygen atoms in total. The molecule has 206 valence electrons. The van der Waals surface area contributed by atoms with Gasteiger partial charge in [0.15, 0.2) is 0 Å². The molecule has 0 aromatic heterocycles. The lowest BCUT2D eigenvalue weighted by atomic mass is 10.00. The highest BCUT2D eigenvalue weighted by Gasteiger charge is 2.33. The van der Waals surface area contributed by atoms with Gasteiger partial charge in [-0.3, -0.25) is 14.4 Å². The van der Waals surface area contributed by atoms with E-state index in [0.29, 0.717) is 73.8 Å². The van der Waals surface area contributed by atoms with Gasteiger partial charge in [0.1, 0.15) is 17.6 Å². The summed E-state index contributed by atoms with van der Waals surface area (Å²) in [5.74, 6) is -0.736. The van der Waals surface area contributed by atoms with E-state index >= 15 is 0 Å². The maximum absolute atomic E-state index is 13.5. The van der Waals surface area contributed by atoms with Gasteiger partial charge in [-0.2, -0.15) is 0 Å². The first-order chi connectivity index (χ1) is 18.1. The summed E-state index contributed by atoms with van der Waals surface area (Å²) >= 11 is 6.22. The van der Waals surface area contributed by atoms with Gasteiger partial charge in [-0.25, -0.2) is 4.39 Å². The van der Waals surface area contributed by atoms with Crippen LogP contribution < -0.4 is 4.74 Å². The summed E-state index contributed by atoms with van der Waals surface area (Å²) in [6.45, 7) is 5.70. The fraction of sp³-hybridized carbons (Fsp3) is 0.483. The number of carbonyl (C=O) groups is 3. The normalized spacial score (nSPS) is 18.7. The molecule has 0 spiro atoms. The third-order valence-corrected chi connectivity index (χ3v) is 7.04. The molecule has 38 heavy (non-hydrogen) atoms. The Labute approximate surface area is 229 Å². The summed E-state index contributed by atoms with van der Waals surface area (Å²) in [6, 6.07) is 9.81. The molecular weight excluding hydrogens is 509 g/mol. The molecule has 1 atom stereocenters. The van der Waals surface area contributed by atoms with Gasteiger partial charge >= 0.3 is 0 Å². The summed E-state index contributed by atoms with van der Waals surface area (Å²) in [5, 5.41) is 0.402. The average Bonchev–Trinajstić information content (AvgIpc) is 2.89. The molecule has 1 aliphatic rings. The molecule has 3 rings (SSSR count). The molecular formula is C29H37ClFN3O4. The predicted octanol–water partition coefficient (Wildman–Crippen LogP) is 5.13. The van der Waals surface area contributed by atoms with E-state index in [-0.39, 0.29) is 29.5 Å². The standard InChI is InChI=1S/C29H37ClFN3O4/c1-20(2)26-29(37)32(3)15-5-6-16-34(27(35)21-9-12-23(31)13-10-21)17-7-8-18-38-25-14-11-22(30)19-24(25)28(36)33(26)4/h9-14,19-20,26H,5-8,15-18H2,1-4H3/t26-/m0/s1. The second-order valence-corrected chi connectivity index (χ2v) is 10.5. The summed E-state index contributed by atoms with van der Waals surface area (Å²) in [7, 11) is 3.37. The van der Waals surface area contributed by atoms with Gasteiger partial charge < -0.3 is 19.4 Å². The fourth-order valence-corrected chi connectivity index (χ4v) is 4.85. The monoisotopic (exact) mass is 545 g/mol. The lowest BCUT2D eigenvalue weighted by Crippen LogP contribution is -2.51. The highest BCUT2D eigenvalue weighted by atomic mass is 35.5. The lowest BCUT2D eigenvalue weighted by molar-refractivity contribution is -0.136. The number of hydrogen-bond donors (Lipinski definition) is 0. The number of fused-ring (bicyclic) bond motifs is 1. The van der Waals surface area contributed by atoms with E-state index in [0.717, 1.165) is 0 Å². The maximum atomic E-state index is 13.5. The number of carbonyl (C=O) groups excluding carboxylic acids is 3. The van der Waals surface area contributed by atoms with E-state index in [1.807, 2.05) is 13.8 Å². The van der Waals surface area contributed by atoms with Crippen molar-refractivity contribution < 1.29 is 23.5 Å². The average molecular weight is 546 g/mol. The Bertz CT molecular complexity index is 1130. The SMILES string of the molecule is CC(C)[C@H]1C(=O)N(C)CCCCN(C(=O)c2ccc(F)cc2)CCCCOc2ccc(Cl)cc2C(=O)N1C. The molecule has 0 fully saturated rings. The van der Waals surface area contributed by atoms with Crippen molar-refractivity contribution in [1.82, 2.24) is 14.7 Å². The Morgan fingerprint density at radius 3 is 2.26 bits per heavy atom. The van der Waals surface area contributed by atoms with Gasteiger partial charge in [0.25, 0.3) is 11.8 Å². The van der Waals surface area contributed by atoms with Crippen LogP contribution in [0.15, 0.2) is 42.5 Å². The Kier molecular flexibility index (Phi) is 10.5. The summed E-state index contributed by atoms with van der Waals surface area (Å²) in [5.41, 5.74) is 0.742. The van der Waals surface area contributed by atoms with E-state index in [1.54, 1.807) is 42.1 Å². The maximum Gasteiger partial charge on any atom is 0.258 e. The topological polar surface area (TPSA) is 70.2 Å². The zero-order valence-corrected chi connectivity index (χ0v) is 23.3. The van der Waals surface area contributed by atoms with Crippen LogP contribution in [0.1, 0.15) is 60.2 Å². The first kappa shape index (κ1) is 29.4. The van der Waals surface area contributed by atoms with E-state index in [4.69, 9.17) is 16.3 Å². The van der Waals surface area contributed by atoms with Crippen LogP contribution in [0.3, 0.4) is 0 Å². The number of rotatable bonds is 2. The van der Waals surface area contributed by atoms with Crippen LogP contribution >= 0.6 is 11.6 Å². The van der Waals surface area contributed by atoms with Gasteiger partial charge in [0.2, 0.25) is 5.91 Å². The lowest BCUT2D eigenvalue weighted by Gasteiger charge is -2.33. The predicted molar refractivity (Wildman–Crippen MR) is 146 cm³/mol. The van der Waals surface area contributed by atoms with Crippen LogP contribution in [0.25, 0.3) is 0 Å². The number of ether oxygens (including phenoxy) is 1. The Hall–Kier alpha value is -3.13. The van der Waals surface area contributed by atoms with Crippen molar-refractivity contribution in [2.75, 3.05) is 40.3 Å². The Balaban J connectivity index is 1.85. The minimum absolute atomic E-state index is 0.117. The second-order valence-electron chi connectivity index (χ2n) is 10.1. The number of likely N-dealkylation sites (N-methyl/N-ethyl adjacent to an activating group) is 2. The van der Waals surface area contributed by atoms with Gasteiger partial charge in [0.05, 0.1) is 12.2 Å². The van der Waals surface area contributed by atoms with E-state index in [1.165, 1.54) is 29.2 Å². The first-order valence-electron chi connectivity index (χ1n) is 13.1. The highest BCUT2D eigenvalue weighted by molar-refractivity contribution is 6.31. The van der Waals surface area contributed by atoms with Crippen molar-refractivity contribution in [3.63, 3.8) is 0 Å². The van der Waals surface area contributed by atoms with E-state index in [2.05, 4.69) is 0 Å². The molecule has 1 heterocycles. The number of hydrogen-bond acceptors (Lipinski definition) is 4. The third kappa shape index (κ3) is 7.47. The van der Waals surface area contributed by atoms with Crippen LogP contribution in [-0.4, -0.2) is 78.8 Å². The second kappa shape index (κ2) is 13.6. The van der Waals surface area contributed by atoms with Gasteiger partial charge in [-0.1, -0.05) is 25.4 Å². The van der Waals surface area contributed by atoms with E-state index in [9.17, 15) is 18.8 Å². The minimum Gasteiger partial charge on any atom is -0.493 e. The molecule has 0 bridgehead atoms. The minimum atomic E-state index is -0.661. The Morgan fingerprint density at radius 2 is 1.61 bits per heavy atom. The first-order valence-corrected chi connectivity index (χ1v) is 13.5. The zero-order valence-electron chi connectivity index (χ0n) is 22.6. The zero-order chi connectivity index (χ0) is 27.8. The molecule has 0 saturated heterocycles. The van der Waals surface area contributed by atoms with Crippen LogP contribution in [0, 0.1) is 11.7 Å². The van der Waals surface area contributed by atoms with E-state index < -0.39 is 6.04 Å². The van der Waals surface area contributed by atoms with Crippen molar-refractivity contribution >= 4 is 29.3 Å². The third-order valence-electron chi connectivity index (χ3n) is 6.80. The van der Waals surface area contributed by atoms with Gasteiger partial charge in [0, 0.05) is 44.3 Å². The molecule has 0 saturated carbocycles. The molecule has 0 radical (unpaired) electrons. The van der Waals surface area contributed by atoms with Crippen molar-refractivity contribution in [1.29, 1.82) is 0 Å². The van der Waals surface area contributed by atoms with Crippen molar-refractivity contribution in [3.05, 3.63) is 64.4 Å². The summed E-state index contributed by atoms with van der Waals surface area (Å²) in [4.78, 5) is 45.0. The van der Waals surface area contributed by atoms with Crippen molar-refractivity contribution in [2.45, 2.75) is 45.6 Å². The van der Waals surface area contributed by atoms with Gasteiger partial charge in [-0.15, -0.1) is 0 Å².